The zero-order valence-electron chi connectivity index (χ0n) is 19.9. The predicted molar refractivity (Wildman–Crippen MR) is 133 cm³/mol. The number of aromatic amines is 1. The first-order valence-electron chi connectivity index (χ1n) is 11.6. The highest BCUT2D eigenvalue weighted by Gasteiger charge is 2.43. The highest BCUT2D eigenvalue weighted by Crippen LogP contribution is 2.52. The molecular weight excluding hydrogens is 457 g/mol. The van der Waals surface area contributed by atoms with Crippen LogP contribution in [-0.4, -0.2) is 30.7 Å². The van der Waals surface area contributed by atoms with Gasteiger partial charge in [0.2, 0.25) is 5.88 Å². The van der Waals surface area contributed by atoms with Gasteiger partial charge in [-0.15, -0.1) is 0 Å². The second kappa shape index (κ2) is 8.05. The number of imidazole rings is 1. The number of hydrogen-bond acceptors (Lipinski definition) is 6. The number of ether oxygens (including phenoxy) is 1. The SMILES string of the molecule is CC(=O)c1ccc(-c2ccc3c(n2)Oc2c(F)cccc2[C@@H]3C(C)(C)c2nc3nccnc3[nH]2)cc1. The van der Waals surface area contributed by atoms with Crippen molar-refractivity contribution in [3.63, 3.8) is 0 Å². The van der Waals surface area contributed by atoms with Crippen LogP contribution in [-0.2, 0) is 5.41 Å². The molecule has 2 aromatic carbocycles. The van der Waals surface area contributed by atoms with Gasteiger partial charge in [0.15, 0.2) is 28.6 Å². The molecule has 0 unspecified atom stereocenters. The third-order valence-electron chi connectivity index (χ3n) is 6.76. The minimum Gasteiger partial charge on any atom is -0.435 e. The van der Waals surface area contributed by atoms with Crippen LogP contribution in [0.5, 0.6) is 11.6 Å². The Balaban J connectivity index is 1.50. The molecule has 3 aromatic heterocycles. The van der Waals surface area contributed by atoms with Crippen molar-refractivity contribution in [3.8, 4) is 22.9 Å². The van der Waals surface area contributed by atoms with Gasteiger partial charge in [-0.3, -0.25) is 4.79 Å². The van der Waals surface area contributed by atoms with Crippen molar-refractivity contribution in [1.29, 1.82) is 0 Å². The lowest BCUT2D eigenvalue weighted by Crippen LogP contribution is -2.32. The molecule has 1 aliphatic rings. The zero-order valence-corrected chi connectivity index (χ0v) is 19.9. The fraction of sp³-hybridized carbons (Fsp3) is 0.179. The number of nitrogens with one attached hydrogen (secondary N) is 1. The van der Waals surface area contributed by atoms with Crippen LogP contribution < -0.4 is 4.74 Å². The summed E-state index contributed by atoms with van der Waals surface area (Å²) in [6.07, 6.45) is 3.21. The number of halogens is 1. The number of hydrogen-bond donors (Lipinski definition) is 1. The van der Waals surface area contributed by atoms with Gasteiger partial charge in [-0.25, -0.2) is 24.3 Å². The number of benzene rings is 2. The average molecular weight is 480 g/mol. The molecule has 0 radical (unpaired) electrons. The Hall–Kier alpha value is -4.46. The molecule has 6 rings (SSSR count). The lowest BCUT2D eigenvalue weighted by atomic mass is 9.69. The molecular formula is C28H22FN5O2. The van der Waals surface area contributed by atoms with Gasteiger partial charge in [0, 0.05) is 46.0 Å². The van der Waals surface area contributed by atoms with Crippen LogP contribution in [0.15, 0.2) is 67.0 Å². The number of pyridine rings is 1. The Kier molecular flexibility index (Phi) is 4.93. The van der Waals surface area contributed by atoms with Crippen molar-refractivity contribution in [1.82, 2.24) is 24.9 Å². The third-order valence-corrected chi connectivity index (χ3v) is 6.76. The monoisotopic (exact) mass is 479 g/mol. The summed E-state index contributed by atoms with van der Waals surface area (Å²) in [5.74, 6) is 0.411. The van der Waals surface area contributed by atoms with E-state index in [-0.39, 0.29) is 17.5 Å². The summed E-state index contributed by atoms with van der Waals surface area (Å²) >= 11 is 0. The molecule has 0 saturated heterocycles. The fourth-order valence-corrected chi connectivity index (χ4v) is 4.88. The highest BCUT2D eigenvalue weighted by molar-refractivity contribution is 5.94. The Labute approximate surface area is 206 Å². The van der Waals surface area contributed by atoms with Gasteiger partial charge in [-0.1, -0.05) is 56.3 Å². The van der Waals surface area contributed by atoms with Crippen molar-refractivity contribution >= 4 is 17.1 Å². The standard InChI is InChI=1S/C28H22FN5O2/c1-15(35)16-7-9-17(10-8-16)21-12-11-19-22(18-5-4-6-20(29)23(18)36-26(19)32-21)28(2,3)27-33-24-25(34-27)31-14-13-30-24/h4-14,22H,1-3H3,(H,30,31,33,34)/t22-/m0/s1. The van der Waals surface area contributed by atoms with Gasteiger partial charge in [-0.2, -0.15) is 0 Å². The summed E-state index contributed by atoms with van der Waals surface area (Å²) < 4.78 is 21.1. The number of fused-ring (bicyclic) bond motifs is 3. The number of nitrogens with zero attached hydrogens (tertiary/aromatic N) is 4. The Bertz CT molecular complexity index is 1610. The maximum absolute atomic E-state index is 15.0. The normalized spacial score (nSPS) is 14.7. The molecule has 0 fully saturated rings. The first kappa shape index (κ1) is 22.0. The topological polar surface area (TPSA) is 93.7 Å². The summed E-state index contributed by atoms with van der Waals surface area (Å²) in [7, 11) is 0. The second-order valence-electron chi connectivity index (χ2n) is 9.45. The minimum atomic E-state index is -0.615. The summed E-state index contributed by atoms with van der Waals surface area (Å²) in [4.78, 5) is 33.0. The fourth-order valence-electron chi connectivity index (χ4n) is 4.88. The van der Waals surface area contributed by atoms with Crippen LogP contribution in [0.25, 0.3) is 22.6 Å². The number of ketones is 1. The quantitative estimate of drug-likeness (QED) is 0.319. The number of Topliss-reactive ketones (excluding diaryl/α,β-unsaturated/α-hetero) is 1. The molecule has 8 heteroatoms. The Morgan fingerprint density at radius 1 is 0.972 bits per heavy atom. The van der Waals surface area contributed by atoms with Crippen molar-refractivity contribution in [2.24, 2.45) is 0 Å². The number of aromatic nitrogens is 5. The van der Waals surface area contributed by atoms with Gasteiger partial charge in [0.1, 0.15) is 5.82 Å². The number of carbonyl (C=O) groups is 1. The van der Waals surface area contributed by atoms with E-state index in [4.69, 9.17) is 14.7 Å². The van der Waals surface area contributed by atoms with Crippen LogP contribution in [0.3, 0.4) is 0 Å². The van der Waals surface area contributed by atoms with E-state index >= 15 is 4.39 Å². The van der Waals surface area contributed by atoms with E-state index in [1.165, 1.54) is 13.0 Å². The number of H-pyrrole nitrogens is 1. The van der Waals surface area contributed by atoms with Gasteiger partial charge in [-0.05, 0) is 19.1 Å². The van der Waals surface area contributed by atoms with E-state index in [0.29, 0.717) is 39.8 Å². The lowest BCUT2D eigenvalue weighted by molar-refractivity contribution is 0.101. The molecule has 5 aromatic rings. The summed E-state index contributed by atoms with van der Waals surface area (Å²) in [5, 5.41) is 0. The maximum atomic E-state index is 15.0. The van der Waals surface area contributed by atoms with Crippen molar-refractivity contribution < 1.29 is 13.9 Å². The smallest absolute Gasteiger partial charge is 0.223 e. The molecule has 0 spiro atoms. The lowest BCUT2D eigenvalue weighted by Gasteiger charge is -2.37. The molecule has 36 heavy (non-hydrogen) atoms. The van der Waals surface area contributed by atoms with E-state index < -0.39 is 11.2 Å². The summed E-state index contributed by atoms with van der Waals surface area (Å²) in [6, 6.07) is 16.1. The second-order valence-corrected chi connectivity index (χ2v) is 9.45. The van der Waals surface area contributed by atoms with Crippen LogP contribution >= 0.6 is 0 Å². The van der Waals surface area contributed by atoms with Crippen LogP contribution in [0.4, 0.5) is 4.39 Å². The van der Waals surface area contributed by atoms with E-state index in [2.05, 4.69) is 15.0 Å². The average Bonchev–Trinajstić information content (AvgIpc) is 3.33. The minimum absolute atomic E-state index is 0.00331. The zero-order chi connectivity index (χ0) is 25.0. The highest BCUT2D eigenvalue weighted by atomic mass is 19.1. The van der Waals surface area contributed by atoms with Crippen molar-refractivity contribution in [2.45, 2.75) is 32.1 Å². The molecule has 1 aliphatic heterocycles. The third kappa shape index (κ3) is 3.45. The van der Waals surface area contributed by atoms with Crippen molar-refractivity contribution in [3.05, 3.63) is 95.3 Å². The van der Waals surface area contributed by atoms with Crippen molar-refractivity contribution in [2.75, 3.05) is 0 Å². The first-order valence-corrected chi connectivity index (χ1v) is 11.6. The summed E-state index contributed by atoms with van der Waals surface area (Å²) in [5.41, 5.74) is 4.16. The Morgan fingerprint density at radius 2 is 1.75 bits per heavy atom. The number of para-hydroxylation sites is 1. The predicted octanol–water partition coefficient (Wildman–Crippen LogP) is 5.97. The molecule has 0 amide bonds. The van der Waals surface area contributed by atoms with Gasteiger partial charge >= 0.3 is 0 Å². The molecule has 0 aliphatic carbocycles. The van der Waals surface area contributed by atoms with E-state index in [1.54, 1.807) is 30.6 Å². The molecule has 0 saturated carbocycles. The van der Waals surface area contributed by atoms with Crippen LogP contribution in [0.2, 0.25) is 0 Å². The van der Waals surface area contributed by atoms with Crippen LogP contribution in [0.1, 0.15) is 54.0 Å². The molecule has 1 N–H and O–H groups in total. The number of rotatable bonds is 4. The van der Waals surface area contributed by atoms with E-state index in [1.807, 2.05) is 44.2 Å². The van der Waals surface area contributed by atoms with Crippen LogP contribution in [0, 0.1) is 5.82 Å². The molecule has 1 atom stereocenters. The van der Waals surface area contributed by atoms with Gasteiger partial charge in [0.05, 0.1) is 5.69 Å². The molecule has 0 bridgehead atoms. The maximum Gasteiger partial charge on any atom is 0.223 e. The largest absolute Gasteiger partial charge is 0.435 e. The van der Waals surface area contributed by atoms with Gasteiger partial charge in [0.25, 0.3) is 0 Å². The van der Waals surface area contributed by atoms with E-state index in [0.717, 1.165) is 11.1 Å². The molecule has 178 valence electrons. The number of carbonyl (C=O) groups excluding carboxylic acids is 1. The first-order chi connectivity index (χ1) is 17.3. The summed E-state index contributed by atoms with van der Waals surface area (Å²) in [6.45, 7) is 5.63. The van der Waals surface area contributed by atoms with Gasteiger partial charge < -0.3 is 9.72 Å². The Morgan fingerprint density at radius 3 is 2.50 bits per heavy atom. The van der Waals surface area contributed by atoms with E-state index in [9.17, 15) is 4.79 Å². The molecule has 4 heterocycles. The molecule has 7 nitrogen and oxygen atoms in total.